The summed E-state index contributed by atoms with van der Waals surface area (Å²) in [5, 5.41) is 0. The zero-order chi connectivity index (χ0) is 6.97. The standard InChI is InChI=1S/C9H15I/c10-9-5-7-3-1-2-4-8(7)6-9/h7-9H,1-6H2/t7-,8+,9+. The van der Waals surface area contributed by atoms with Gasteiger partial charge in [-0.3, -0.25) is 0 Å². The lowest BCUT2D eigenvalue weighted by atomic mass is 9.82. The van der Waals surface area contributed by atoms with Gasteiger partial charge in [-0.2, -0.15) is 0 Å². The minimum atomic E-state index is 1.02. The van der Waals surface area contributed by atoms with Gasteiger partial charge < -0.3 is 0 Å². The van der Waals surface area contributed by atoms with Crippen LogP contribution in [-0.2, 0) is 0 Å². The molecule has 2 saturated carbocycles. The van der Waals surface area contributed by atoms with Crippen molar-refractivity contribution < 1.29 is 0 Å². The number of fused-ring (bicyclic) bond motifs is 1. The van der Waals surface area contributed by atoms with Crippen LogP contribution in [0.4, 0.5) is 0 Å². The number of hydrogen-bond acceptors (Lipinski definition) is 0. The van der Waals surface area contributed by atoms with Gasteiger partial charge in [-0.05, 0) is 24.7 Å². The molecular formula is C9H15I. The average molecular weight is 250 g/mol. The molecule has 0 nitrogen and oxygen atoms in total. The second kappa shape index (κ2) is 3.00. The molecule has 0 amide bonds. The molecule has 3 atom stereocenters. The zero-order valence-electron chi connectivity index (χ0n) is 6.35. The Bertz CT molecular complexity index is 108. The van der Waals surface area contributed by atoms with Crippen molar-refractivity contribution in [3.05, 3.63) is 0 Å². The van der Waals surface area contributed by atoms with Crippen LogP contribution in [0.5, 0.6) is 0 Å². The number of hydrogen-bond donors (Lipinski definition) is 0. The Hall–Kier alpha value is 0.730. The van der Waals surface area contributed by atoms with Crippen LogP contribution in [-0.4, -0.2) is 3.92 Å². The largest absolute Gasteiger partial charge is 0.0826 e. The lowest BCUT2D eigenvalue weighted by molar-refractivity contribution is 0.277. The predicted molar refractivity (Wildman–Crippen MR) is 52.5 cm³/mol. The van der Waals surface area contributed by atoms with E-state index in [2.05, 4.69) is 22.6 Å². The molecule has 0 aromatic heterocycles. The maximum atomic E-state index is 2.64. The smallest absolute Gasteiger partial charge is 0.0115 e. The van der Waals surface area contributed by atoms with Gasteiger partial charge in [-0.15, -0.1) is 0 Å². The Morgan fingerprint density at radius 3 is 1.90 bits per heavy atom. The van der Waals surface area contributed by atoms with E-state index >= 15 is 0 Å². The molecule has 0 aromatic carbocycles. The van der Waals surface area contributed by atoms with Crippen molar-refractivity contribution in [2.45, 2.75) is 42.4 Å². The lowest BCUT2D eigenvalue weighted by Gasteiger charge is -2.24. The molecule has 0 heterocycles. The molecule has 0 aromatic rings. The molecule has 58 valence electrons. The van der Waals surface area contributed by atoms with Crippen molar-refractivity contribution in [2.75, 3.05) is 0 Å². The molecule has 0 bridgehead atoms. The molecule has 2 aliphatic carbocycles. The first-order valence-electron chi connectivity index (χ1n) is 4.50. The van der Waals surface area contributed by atoms with Gasteiger partial charge in [0.2, 0.25) is 0 Å². The van der Waals surface area contributed by atoms with E-state index in [1.165, 1.54) is 25.7 Å². The summed E-state index contributed by atoms with van der Waals surface area (Å²) in [6.45, 7) is 0. The van der Waals surface area contributed by atoms with Crippen LogP contribution in [0.15, 0.2) is 0 Å². The van der Waals surface area contributed by atoms with Crippen LogP contribution in [0.3, 0.4) is 0 Å². The van der Waals surface area contributed by atoms with Crippen molar-refractivity contribution >= 4 is 22.6 Å². The summed E-state index contributed by atoms with van der Waals surface area (Å²) in [4.78, 5) is 0. The molecule has 2 fully saturated rings. The second-order valence-electron chi connectivity index (χ2n) is 3.87. The minimum Gasteiger partial charge on any atom is -0.0826 e. The van der Waals surface area contributed by atoms with Crippen LogP contribution in [0, 0.1) is 11.8 Å². The second-order valence-corrected chi connectivity index (χ2v) is 5.63. The van der Waals surface area contributed by atoms with Crippen LogP contribution in [0.25, 0.3) is 0 Å². The summed E-state index contributed by atoms with van der Waals surface area (Å²) in [5.74, 6) is 2.27. The van der Waals surface area contributed by atoms with Gasteiger partial charge in [0.15, 0.2) is 0 Å². The molecule has 2 rings (SSSR count). The highest BCUT2D eigenvalue weighted by atomic mass is 127. The highest BCUT2D eigenvalue weighted by Crippen LogP contribution is 2.44. The van der Waals surface area contributed by atoms with Crippen molar-refractivity contribution in [1.29, 1.82) is 0 Å². The maximum absolute atomic E-state index is 2.64. The molecule has 10 heavy (non-hydrogen) atoms. The van der Waals surface area contributed by atoms with Gasteiger partial charge in [0.1, 0.15) is 0 Å². The molecule has 0 saturated heterocycles. The van der Waals surface area contributed by atoms with E-state index in [9.17, 15) is 0 Å². The van der Waals surface area contributed by atoms with E-state index in [4.69, 9.17) is 0 Å². The van der Waals surface area contributed by atoms with Crippen LogP contribution >= 0.6 is 22.6 Å². The van der Waals surface area contributed by atoms with E-state index in [0.29, 0.717) is 0 Å². The lowest BCUT2D eigenvalue weighted by Crippen LogP contribution is -2.12. The summed E-state index contributed by atoms with van der Waals surface area (Å²) >= 11 is 2.64. The minimum absolute atomic E-state index is 1.02. The number of rotatable bonds is 0. The molecule has 0 aliphatic heterocycles. The first kappa shape index (κ1) is 7.38. The van der Waals surface area contributed by atoms with E-state index in [1.807, 2.05) is 0 Å². The van der Waals surface area contributed by atoms with Gasteiger partial charge in [-0.25, -0.2) is 0 Å². The third-order valence-corrected chi connectivity index (χ3v) is 4.20. The Balaban J connectivity index is 1.97. The van der Waals surface area contributed by atoms with E-state index in [0.717, 1.165) is 15.8 Å². The fraction of sp³-hybridized carbons (Fsp3) is 1.00. The summed E-state index contributed by atoms with van der Waals surface area (Å²) in [7, 11) is 0. The average Bonchev–Trinajstić information content (AvgIpc) is 2.27. The van der Waals surface area contributed by atoms with Crippen molar-refractivity contribution in [3.8, 4) is 0 Å². The third-order valence-electron chi connectivity index (χ3n) is 3.18. The molecule has 1 heteroatoms. The molecule has 0 unspecified atom stereocenters. The van der Waals surface area contributed by atoms with Crippen LogP contribution in [0.1, 0.15) is 38.5 Å². The maximum Gasteiger partial charge on any atom is 0.0115 e. The van der Waals surface area contributed by atoms with Gasteiger partial charge in [-0.1, -0.05) is 48.3 Å². The Labute approximate surface area is 76.9 Å². The van der Waals surface area contributed by atoms with Gasteiger partial charge in [0.05, 0.1) is 0 Å². The van der Waals surface area contributed by atoms with Crippen LogP contribution in [0.2, 0.25) is 0 Å². The number of halogens is 1. The summed E-state index contributed by atoms with van der Waals surface area (Å²) in [6, 6.07) is 0. The Morgan fingerprint density at radius 2 is 1.40 bits per heavy atom. The first-order valence-corrected chi connectivity index (χ1v) is 5.75. The van der Waals surface area contributed by atoms with E-state index < -0.39 is 0 Å². The van der Waals surface area contributed by atoms with Crippen molar-refractivity contribution in [2.24, 2.45) is 11.8 Å². The van der Waals surface area contributed by atoms with E-state index in [-0.39, 0.29) is 0 Å². The molecular weight excluding hydrogens is 235 g/mol. The SMILES string of the molecule is I[C@H]1C[C@H]2CCCC[C@H]2C1. The molecule has 0 spiro atoms. The quantitative estimate of drug-likeness (QED) is 0.456. The van der Waals surface area contributed by atoms with Crippen LogP contribution < -0.4 is 0 Å². The Morgan fingerprint density at radius 1 is 0.900 bits per heavy atom. The monoisotopic (exact) mass is 250 g/mol. The molecule has 0 radical (unpaired) electrons. The highest BCUT2D eigenvalue weighted by Gasteiger charge is 2.33. The fourth-order valence-corrected chi connectivity index (χ4v) is 3.96. The normalized spacial score (nSPS) is 47.1. The Kier molecular flexibility index (Phi) is 2.21. The topological polar surface area (TPSA) is 0 Å². The van der Waals surface area contributed by atoms with Gasteiger partial charge in [0.25, 0.3) is 0 Å². The van der Waals surface area contributed by atoms with Gasteiger partial charge >= 0.3 is 0 Å². The highest BCUT2D eigenvalue weighted by molar-refractivity contribution is 14.1. The summed E-state index contributed by atoms with van der Waals surface area (Å²) in [5.41, 5.74) is 0. The third kappa shape index (κ3) is 1.34. The van der Waals surface area contributed by atoms with E-state index in [1.54, 1.807) is 12.8 Å². The predicted octanol–water partition coefficient (Wildman–Crippen LogP) is 3.39. The number of alkyl halides is 1. The summed E-state index contributed by atoms with van der Waals surface area (Å²) < 4.78 is 1.02. The zero-order valence-corrected chi connectivity index (χ0v) is 8.51. The molecule has 2 aliphatic rings. The first-order chi connectivity index (χ1) is 4.86. The van der Waals surface area contributed by atoms with Crippen molar-refractivity contribution in [3.63, 3.8) is 0 Å². The molecule has 0 N–H and O–H groups in total. The van der Waals surface area contributed by atoms with Gasteiger partial charge in [0, 0.05) is 3.92 Å². The van der Waals surface area contributed by atoms with Crippen molar-refractivity contribution in [1.82, 2.24) is 0 Å². The summed E-state index contributed by atoms with van der Waals surface area (Å²) in [6.07, 6.45) is 9.19. The fourth-order valence-electron chi connectivity index (χ4n) is 2.66.